The minimum Gasteiger partial charge on any atom is -0.494 e. The maximum absolute atomic E-state index is 13.0. The Labute approximate surface area is 175 Å². The summed E-state index contributed by atoms with van der Waals surface area (Å²) in [6, 6.07) is 21.7. The third-order valence-corrected chi connectivity index (χ3v) is 6.05. The van der Waals surface area contributed by atoms with E-state index in [4.69, 9.17) is 4.74 Å². The highest BCUT2D eigenvalue weighted by Crippen LogP contribution is 2.29. The number of nitrogens with one attached hydrogen (secondary N) is 1. The van der Waals surface area contributed by atoms with Crippen molar-refractivity contribution in [3.8, 4) is 22.6 Å². The molecule has 7 heteroatoms. The number of aromatic nitrogens is 2. The van der Waals surface area contributed by atoms with E-state index in [1.807, 2.05) is 54.1 Å². The molecule has 0 saturated carbocycles. The summed E-state index contributed by atoms with van der Waals surface area (Å²) in [7, 11) is -2.22. The summed E-state index contributed by atoms with van der Waals surface area (Å²) in [6.07, 6.45) is 3.56. The van der Waals surface area contributed by atoms with E-state index in [0.717, 1.165) is 22.5 Å². The number of anilines is 1. The van der Waals surface area contributed by atoms with Gasteiger partial charge in [-0.2, -0.15) is 0 Å². The Bertz CT molecular complexity index is 1280. The number of aryl methyl sites for hydroxylation is 1. The summed E-state index contributed by atoms with van der Waals surface area (Å²) in [5.41, 5.74) is 3.85. The van der Waals surface area contributed by atoms with Gasteiger partial charge in [-0.15, -0.1) is 0 Å². The number of methoxy groups -OCH3 is 1. The molecule has 1 aromatic heterocycles. The van der Waals surface area contributed by atoms with Crippen LogP contribution in [0, 0.1) is 6.92 Å². The van der Waals surface area contributed by atoms with Crippen molar-refractivity contribution in [1.82, 2.24) is 9.55 Å². The van der Waals surface area contributed by atoms with Gasteiger partial charge < -0.3 is 9.30 Å². The highest BCUT2D eigenvalue weighted by molar-refractivity contribution is 7.92. The first-order valence-electron chi connectivity index (χ1n) is 9.33. The first kappa shape index (κ1) is 19.7. The molecule has 0 saturated heterocycles. The molecule has 1 heterocycles. The summed E-state index contributed by atoms with van der Waals surface area (Å²) < 4.78 is 35.9. The number of hydrogen-bond acceptors (Lipinski definition) is 4. The van der Waals surface area contributed by atoms with Crippen molar-refractivity contribution in [2.45, 2.75) is 11.8 Å². The van der Waals surface area contributed by atoms with Gasteiger partial charge in [0.25, 0.3) is 10.0 Å². The smallest absolute Gasteiger partial charge is 0.261 e. The monoisotopic (exact) mass is 419 g/mol. The lowest BCUT2D eigenvalue weighted by molar-refractivity contribution is 0.413. The maximum Gasteiger partial charge on any atom is 0.261 e. The van der Waals surface area contributed by atoms with Crippen LogP contribution >= 0.6 is 0 Å². The van der Waals surface area contributed by atoms with E-state index in [1.54, 1.807) is 49.8 Å². The van der Waals surface area contributed by atoms with Gasteiger partial charge >= 0.3 is 0 Å². The van der Waals surface area contributed by atoms with Crippen LogP contribution in [-0.4, -0.2) is 25.1 Å². The molecule has 0 atom stereocenters. The highest BCUT2D eigenvalue weighted by Gasteiger charge is 2.16. The number of benzene rings is 3. The van der Waals surface area contributed by atoms with Crippen LogP contribution in [0.2, 0.25) is 0 Å². The van der Waals surface area contributed by atoms with Crippen LogP contribution in [-0.2, 0) is 10.0 Å². The van der Waals surface area contributed by atoms with Gasteiger partial charge in [-0.1, -0.05) is 42.5 Å². The van der Waals surface area contributed by atoms with Crippen molar-refractivity contribution < 1.29 is 13.2 Å². The Kier molecular flexibility index (Phi) is 5.29. The van der Waals surface area contributed by atoms with Crippen molar-refractivity contribution in [3.63, 3.8) is 0 Å². The Morgan fingerprint density at radius 2 is 1.70 bits per heavy atom. The van der Waals surface area contributed by atoms with Gasteiger partial charge in [-0.25, -0.2) is 13.4 Å². The predicted octanol–water partition coefficient (Wildman–Crippen LogP) is 4.66. The van der Waals surface area contributed by atoms with E-state index < -0.39 is 10.0 Å². The molecule has 1 N–H and O–H groups in total. The zero-order chi connectivity index (χ0) is 21.1. The van der Waals surface area contributed by atoms with Crippen molar-refractivity contribution in [2.75, 3.05) is 11.8 Å². The standard InChI is InChI=1S/C23H21N3O3S/c1-17-15-26(16-24-17)22-12-11-20(14-23(22)29-2)25-30(27,28)21-10-6-9-19(13-21)18-7-4-3-5-8-18/h3-16,25H,1-2H3. The summed E-state index contributed by atoms with van der Waals surface area (Å²) in [6.45, 7) is 1.90. The van der Waals surface area contributed by atoms with Gasteiger partial charge in [-0.05, 0) is 42.3 Å². The van der Waals surface area contributed by atoms with E-state index in [2.05, 4.69) is 9.71 Å². The second kappa shape index (κ2) is 8.04. The van der Waals surface area contributed by atoms with Crippen LogP contribution in [0.1, 0.15) is 5.69 Å². The van der Waals surface area contributed by atoms with E-state index in [0.29, 0.717) is 11.4 Å². The molecule has 0 radical (unpaired) electrons. The Hall–Kier alpha value is -3.58. The van der Waals surface area contributed by atoms with E-state index >= 15 is 0 Å². The second-order valence-corrected chi connectivity index (χ2v) is 8.49. The summed E-state index contributed by atoms with van der Waals surface area (Å²) in [4.78, 5) is 4.41. The van der Waals surface area contributed by atoms with Crippen molar-refractivity contribution in [2.24, 2.45) is 0 Å². The van der Waals surface area contributed by atoms with Crippen molar-refractivity contribution in [3.05, 3.63) is 91.0 Å². The molecule has 0 aliphatic heterocycles. The van der Waals surface area contributed by atoms with Gasteiger partial charge in [0.2, 0.25) is 0 Å². The molecule has 0 spiro atoms. The normalized spacial score (nSPS) is 11.3. The van der Waals surface area contributed by atoms with Crippen molar-refractivity contribution >= 4 is 15.7 Å². The topological polar surface area (TPSA) is 73.2 Å². The number of hydrogen-bond donors (Lipinski definition) is 1. The molecule has 0 aliphatic rings. The first-order chi connectivity index (χ1) is 14.5. The molecule has 0 fully saturated rings. The predicted molar refractivity (Wildman–Crippen MR) is 118 cm³/mol. The van der Waals surface area contributed by atoms with Crippen LogP contribution in [0.3, 0.4) is 0 Å². The molecule has 30 heavy (non-hydrogen) atoms. The SMILES string of the molecule is COc1cc(NS(=O)(=O)c2cccc(-c3ccccc3)c2)ccc1-n1cnc(C)c1. The Morgan fingerprint density at radius 1 is 0.933 bits per heavy atom. The Balaban J connectivity index is 1.64. The van der Waals surface area contributed by atoms with Gasteiger partial charge in [0.15, 0.2) is 0 Å². The number of ether oxygens (including phenoxy) is 1. The lowest BCUT2D eigenvalue weighted by Crippen LogP contribution is -2.13. The number of imidazole rings is 1. The molecule has 3 aromatic carbocycles. The summed E-state index contributed by atoms with van der Waals surface area (Å²) in [5.74, 6) is 0.533. The average Bonchev–Trinajstić information content (AvgIpc) is 3.20. The molecule has 152 valence electrons. The van der Waals surface area contributed by atoms with E-state index in [1.165, 1.54) is 0 Å². The number of sulfonamides is 1. The maximum atomic E-state index is 13.0. The molecule has 4 aromatic rings. The fourth-order valence-electron chi connectivity index (χ4n) is 3.19. The van der Waals surface area contributed by atoms with Crippen LogP contribution < -0.4 is 9.46 Å². The summed E-state index contributed by atoms with van der Waals surface area (Å²) in [5, 5.41) is 0. The number of rotatable bonds is 6. The molecule has 0 amide bonds. The third-order valence-electron chi connectivity index (χ3n) is 4.67. The molecule has 6 nitrogen and oxygen atoms in total. The lowest BCUT2D eigenvalue weighted by Gasteiger charge is -2.13. The minimum absolute atomic E-state index is 0.192. The fraction of sp³-hybridized carbons (Fsp3) is 0.0870. The average molecular weight is 420 g/mol. The third kappa shape index (κ3) is 4.06. The van der Waals surface area contributed by atoms with Gasteiger partial charge in [0, 0.05) is 12.3 Å². The molecular weight excluding hydrogens is 398 g/mol. The molecule has 0 unspecified atom stereocenters. The van der Waals surface area contributed by atoms with Crippen LogP contribution in [0.15, 0.2) is 90.2 Å². The minimum atomic E-state index is -3.77. The zero-order valence-corrected chi connectivity index (χ0v) is 17.4. The van der Waals surface area contributed by atoms with Crippen LogP contribution in [0.25, 0.3) is 16.8 Å². The van der Waals surface area contributed by atoms with E-state index in [-0.39, 0.29) is 4.90 Å². The Morgan fingerprint density at radius 3 is 2.40 bits per heavy atom. The molecule has 0 bridgehead atoms. The van der Waals surface area contributed by atoms with Gasteiger partial charge in [0.05, 0.1) is 35.4 Å². The van der Waals surface area contributed by atoms with E-state index in [9.17, 15) is 8.42 Å². The molecular formula is C23H21N3O3S. The molecule has 4 rings (SSSR count). The fourth-order valence-corrected chi connectivity index (χ4v) is 4.29. The van der Waals surface area contributed by atoms with Crippen LogP contribution in [0.4, 0.5) is 5.69 Å². The quantitative estimate of drug-likeness (QED) is 0.493. The molecule has 0 aliphatic carbocycles. The number of nitrogens with zero attached hydrogens (tertiary/aromatic N) is 2. The van der Waals surface area contributed by atoms with Crippen molar-refractivity contribution in [1.29, 1.82) is 0 Å². The largest absolute Gasteiger partial charge is 0.494 e. The first-order valence-corrected chi connectivity index (χ1v) is 10.8. The van der Waals surface area contributed by atoms with Gasteiger partial charge in [-0.3, -0.25) is 4.72 Å². The zero-order valence-electron chi connectivity index (χ0n) is 16.6. The summed E-state index contributed by atoms with van der Waals surface area (Å²) >= 11 is 0. The van der Waals surface area contributed by atoms with Crippen LogP contribution in [0.5, 0.6) is 5.75 Å². The lowest BCUT2D eigenvalue weighted by atomic mass is 10.1. The second-order valence-electron chi connectivity index (χ2n) is 6.81. The highest BCUT2D eigenvalue weighted by atomic mass is 32.2. The van der Waals surface area contributed by atoms with Gasteiger partial charge in [0.1, 0.15) is 5.75 Å².